The molecule has 52 valence electrons. The second-order valence-electron chi connectivity index (χ2n) is 2.96. The number of aliphatic hydroxyl groups excluding tert-OH is 1. The fourth-order valence-electron chi connectivity index (χ4n) is 1.82. The van der Waals surface area contributed by atoms with Gasteiger partial charge in [-0.05, 0) is 0 Å². The average molecular weight is 131 g/mol. The van der Waals surface area contributed by atoms with E-state index in [2.05, 4.69) is 5.32 Å². The summed E-state index contributed by atoms with van der Waals surface area (Å²) in [4.78, 5) is 0. The van der Waals surface area contributed by atoms with Crippen LogP contribution in [0.3, 0.4) is 0 Å². The quantitative estimate of drug-likeness (QED) is 0.504. The maximum Gasteiger partial charge on any atom is 0.142 e. The zero-order chi connectivity index (χ0) is 6.48. The van der Waals surface area contributed by atoms with Crippen molar-refractivity contribution in [3.05, 3.63) is 0 Å². The molecule has 0 spiro atoms. The van der Waals surface area contributed by atoms with Gasteiger partial charge in [0.05, 0.1) is 6.61 Å². The highest BCUT2D eigenvalue weighted by Gasteiger charge is 2.67. The lowest BCUT2D eigenvalue weighted by atomic mass is 10.2. The Kier molecular flexibility index (Phi) is 0.916. The van der Waals surface area contributed by atoms with Crippen LogP contribution in [0.15, 0.2) is 0 Å². The maximum atomic E-state index is 13.0. The summed E-state index contributed by atoms with van der Waals surface area (Å²) in [7, 11) is 0. The number of hydrogen-bond donors (Lipinski definition) is 2. The molecule has 1 aliphatic heterocycles. The molecular weight excluding hydrogens is 121 g/mol. The van der Waals surface area contributed by atoms with E-state index < -0.39 is 5.67 Å². The van der Waals surface area contributed by atoms with Gasteiger partial charge in [0, 0.05) is 24.9 Å². The van der Waals surface area contributed by atoms with Gasteiger partial charge >= 0.3 is 0 Å². The largest absolute Gasteiger partial charge is 0.393 e. The highest BCUT2D eigenvalue weighted by Crippen LogP contribution is 2.55. The lowest BCUT2D eigenvalue weighted by Gasteiger charge is -2.06. The van der Waals surface area contributed by atoms with Crippen LogP contribution >= 0.6 is 0 Å². The molecule has 0 aromatic heterocycles. The monoisotopic (exact) mass is 131 g/mol. The van der Waals surface area contributed by atoms with Crippen molar-refractivity contribution in [2.45, 2.75) is 5.67 Å². The second kappa shape index (κ2) is 1.47. The lowest BCUT2D eigenvalue weighted by molar-refractivity contribution is 0.128. The van der Waals surface area contributed by atoms with Gasteiger partial charge in [0.15, 0.2) is 0 Å². The molecule has 2 atom stereocenters. The molecule has 2 N–H and O–H groups in total. The van der Waals surface area contributed by atoms with Crippen molar-refractivity contribution in [3.63, 3.8) is 0 Å². The number of alkyl halides is 1. The molecule has 1 aliphatic carbocycles. The van der Waals surface area contributed by atoms with Crippen molar-refractivity contribution >= 4 is 0 Å². The van der Waals surface area contributed by atoms with E-state index in [1.54, 1.807) is 0 Å². The molecule has 9 heavy (non-hydrogen) atoms. The molecule has 2 nitrogen and oxygen atoms in total. The average Bonchev–Trinajstić information content (AvgIpc) is 2.39. The molecule has 0 aromatic rings. The SMILES string of the molecule is OCC1(F)C2CNCC21. The molecule has 0 bridgehead atoms. The topological polar surface area (TPSA) is 32.3 Å². The Labute approximate surface area is 53.1 Å². The molecule has 2 fully saturated rings. The van der Waals surface area contributed by atoms with Crippen LogP contribution < -0.4 is 5.32 Å². The summed E-state index contributed by atoms with van der Waals surface area (Å²) in [6.07, 6.45) is 0. The summed E-state index contributed by atoms with van der Waals surface area (Å²) < 4.78 is 13.0. The summed E-state index contributed by atoms with van der Waals surface area (Å²) in [5.41, 5.74) is -1.20. The third-order valence-electron chi connectivity index (χ3n) is 2.58. The van der Waals surface area contributed by atoms with E-state index in [0.29, 0.717) is 0 Å². The number of halogens is 1. The van der Waals surface area contributed by atoms with Gasteiger partial charge in [-0.1, -0.05) is 0 Å². The van der Waals surface area contributed by atoms with Crippen molar-refractivity contribution in [1.29, 1.82) is 0 Å². The standard InChI is InChI=1S/C6H10FNO/c7-6(3-9)4-1-8-2-5(4)6/h4-5,8-9H,1-3H2. The first kappa shape index (κ1) is 5.62. The number of fused-ring (bicyclic) bond motifs is 1. The summed E-state index contributed by atoms with van der Waals surface area (Å²) in [5.74, 6) is 0.227. The Hall–Kier alpha value is -0.150. The molecule has 1 saturated heterocycles. The first-order chi connectivity index (χ1) is 4.29. The zero-order valence-electron chi connectivity index (χ0n) is 5.10. The Bertz CT molecular complexity index is 129. The number of piperidine rings is 1. The zero-order valence-corrected chi connectivity index (χ0v) is 5.10. The second-order valence-corrected chi connectivity index (χ2v) is 2.96. The molecule has 0 aromatic carbocycles. The van der Waals surface area contributed by atoms with Gasteiger partial charge in [0.1, 0.15) is 5.67 Å². The Morgan fingerprint density at radius 3 is 2.44 bits per heavy atom. The summed E-state index contributed by atoms with van der Waals surface area (Å²) in [6.45, 7) is 1.22. The number of rotatable bonds is 1. The predicted octanol–water partition coefficient (Wildman–Crippen LogP) is -0.464. The highest BCUT2D eigenvalue weighted by atomic mass is 19.1. The summed E-state index contributed by atoms with van der Waals surface area (Å²) >= 11 is 0. The van der Waals surface area contributed by atoms with E-state index in [9.17, 15) is 4.39 Å². The van der Waals surface area contributed by atoms with Crippen LogP contribution in [0.2, 0.25) is 0 Å². The fraction of sp³-hybridized carbons (Fsp3) is 1.00. The van der Waals surface area contributed by atoms with Gasteiger partial charge in [0.25, 0.3) is 0 Å². The minimum absolute atomic E-state index is 0.113. The first-order valence-electron chi connectivity index (χ1n) is 3.29. The van der Waals surface area contributed by atoms with Gasteiger partial charge in [-0.15, -0.1) is 0 Å². The minimum atomic E-state index is -1.20. The normalized spacial score (nSPS) is 55.3. The molecule has 2 rings (SSSR count). The van der Waals surface area contributed by atoms with E-state index in [4.69, 9.17) is 5.11 Å². The van der Waals surface area contributed by atoms with Crippen LogP contribution in [0.1, 0.15) is 0 Å². The van der Waals surface area contributed by atoms with Crippen LogP contribution in [-0.4, -0.2) is 30.5 Å². The summed E-state index contributed by atoms with van der Waals surface area (Å²) in [6, 6.07) is 0. The van der Waals surface area contributed by atoms with Gasteiger partial charge in [-0.3, -0.25) is 0 Å². The Morgan fingerprint density at radius 1 is 1.56 bits per heavy atom. The van der Waals surface area contributed by atoms with E-state index >= 15 is 0 Å². The van der Waals surface area contributed by atoms with Crippen LogP contribution in [0, 0.1) is 11.8 Å². The van der Waals surface area contributed by atoms with Crippen molar-refractivity contribution in [2.24, 2.45) is 11.8 Å². The van der Waals surface area contributed by atoms with E-state index in [1.165, 1.54) is 0 Å². The van der Waals surface area contributed by atoms with Gasteiger partial charge in [0.2, 0.25) is 0 Å². The van der Waals surface area contributed by atoms with Crippen LogP contribution in [-0.2, 0) is 0 Å². The molecule has 1 saturated carbocycles. The van der Waals surface area contributed by atoms with E-state index in [0.717, 1.165) is 13.1 Å². The lowest BCUT2D eigenvalue weighted by Crippen LogP contribution is -2.26. The van der Waals surface area contributed by atoms with Crippen LogP contribution in [0.25, 0.3) is 0 Å². The van der Waals surface area contributed by atoms with E-state index in [-0.39, 0.29) is 18.4 Å². The van der Waals surface area contributed by atoms with E-state index in [1.807, 2.05) is 0 Å². The third kappa shape index (κ3) is 0.515. The third-order valence-corrected chi connectivity index (χ3v) is 2.58. The predicted molar refractivity (Wildman–Crippen MR) is 30.8 cm³/mol. The Morgan fingerprint density at radius 2 is 2.11 bits per heavy atom. The molecule has 2 aliphatic rings. The van der Waals surface area contributed by atoms with Crippen molar-refractivity contribution in [3.8, 4) is 0 Å². The van der Waals surface area contributed by atoms with Crippen molar-refractivity contribution in [1.82, 2.24) is 5.32 Å². The van der Waals surface area contributed by atoms with Crippen molar-refractivity contribution < 1.29 is 9.50 Å². The molecule has 3 heteroatoms. The number of nitrogens with one attached hydrogen (secondary N) is 1. The molecule has 0 amide bonds. The van der Waals surface area contributed by atoms with Gasteiger partial charge in [-0.2, -0.15) is 0 Å². The van der Waals surface area contributed by atoms with Crippen LogP contribution in [0.4, 0.5) is 4.39 Å². The fourth-order valence-corrected chi connectivity index (χ4v) is 1.82. The van der Waals surface area contributed by atoms with Crippen LogP contribution in [0.5, 0.6) is 0 Å². The van der Waals surface area contributed by atoms with Crippen molar-refractivity contribution in [2.75, 3.05) is 19.7 Å². The first-order valence-corrected chi connectivity index (χ1v) is 3.29. The van der Waals surface area contributed by atoms with Gasteiger partial charge < -0.3 is 10.4 Å². The smallest absolute Gasteiger partial charge is 0.142 e. The molecule has 0 radical (unpaired) electrons. The minimum Gasteiger partial charge on any atom is -0.393 e. The highest BCUT2D eigenvalue weighted by molar-refractivity contribution is 5.17. The summed E-state index contributed by atoms with van der Waals surface area (Å²) in [5, 5.41) is 11.6. The maximum absolute atomic E-state index is 13.0. The molecular formula is C6H10FNO. The number of hydrogen-bond acceptors (Lipinski definition) is 2. The molecule has 2 unspecified atom stereocenters. The Balaban J connectivity index is 2.07. The number of aliphatic hydroxyl groups is 1. The van der Waals surface area contributed by atoms with Gasteiger partial charge in [-0.25, -0.2) is 4.39 Å². The molecule has 1 heterocycles.